The molecule has 3 heteroatoms. The van der Waals surface area contributed by atoms with Gasteiger partial charge in [-0.25, -0.2) is 4.79 Å². The van der Waals surface area contributed by atoms with Crippen molar-refractivity contribution in [2.45, 2.75) is 38.7 Å². The summed E-state index contributed by atoms with van der Waals surface area (Å²) in [6.45, 7) is 5.56. The van der Waals surface area contributed by atoms with Crippen molar-refractivity contribution in [3.05, 3.63) is 11.5 Å². The van der Waals surface area contributed by atoms with Crippen molar-refractivity contribution in [1.29, 1.82) is 0 Å². The second kappa shape index (κ2) is 4.70. The van der Waals surface area contributed by atoms with Gasteiger partial charge in [-0.2, -0.15) is 0 Å². The van der Waals surface area contributed by atoms with Crippen LogP contribution in [0.3, 0.4) is 0 Å². The largest absolute Gasteiger partial charge is 0.458 e. The van der Waals surface area contributed by atoms with E-state index < -0.39 is 0 Å². The standard InChI is InChI=1S/C10H16O2S/c1-7-5-3-4-6-9(7)12-10(11)8(2)13/h7,9,13H,2-6H2,1H3. The molecule has 0 aromatic carbocycles. The molecular formula is C10H16O2S. The van der Waals surface area contributed by atoms with E-state index in [1.165, 1.54) is 6.42 Å². The molecule has 0 radical (unpaired) electrons. The smallest absolute Gasteiger partial charge is 0.344 e. The average Bonchev–Trinajstić information content (AvgIpc) is 2.08. The summed E-state index contributed by atoms with van der Waals surface area (Å²) in [5, 5.41) is 0. The Hall–Kier alpha value is -0.440. The fourth-order valence-electron chi connectivity index (χ4n) is 1.66. The third kappa shape index (κ3) is 3.07. The first-order valence-electron chi connectivity index (χ1n) is 4.70. The zero-order valence-electron chi connectivity index (χ0n) is 7.95. The van der Waals surface area contributed by atoms with E-state index in [0.717, 1.165) is 19.3 Å². The molecule has 0 amide bonds. The van der Waals surface area contributed by atoms with Gasteiger partial charge < -0.3 is 4.74 Å². The van der Waals surface area contributed by atoms with Gasteiger partial charge in [0.15, 0.2) is 0 Å². The molecule has 1 rings (SSSR count). The van der Waals surface area contributed by atoms with Crippen molar-refractivity contribution < 1.29 is 9.53 Å². The van der Waals surface area contributed by atoms with Crippen LogP contribution in [0.1, 0.15) is 32.6 Å². The Labute approximate surface area is 84.8 Å². The van der Waals surface area contributed by atoms with Gasteiger partial charge in [-0.1, -0.05) is 19.9 Å². The highest BCUT2D eigenvalue weighted by atomic mass is 32.1. The van der Waals surface area contributed by atoms with Crippen molar-refractivity contribution in [2.24, 2.45) is 5.92 Å². The van der Waals surface area contributed by atoms with Gasteiger partial charge in [0.05, 0.1) is 4.91 Å². The van der Waals surface area contributed by atoms with E-state index in [1.54, 1.807) is 0 Å². The Balaban J connectivity index is 2.42. The molecule has 0 aromatic rings. The van der Waals surface area contributed by atoms with Crippen LogP contribution in [-0.2, 0) is 9.53 Å². The summed E-state index contributed by atoms with van der Waals surface area (Å²) in [4.78, 5) is 11.4. The highest BCUT2D eigenvalue weighted by Gasteiger charge is 2.24. The number of carbonyl (C=O) groups excluding carboxylic acids is 1. The molecule has 1 saturated carbocycles. The van der Waals surface area contributed by atoms with E-state index in [-0.39, 0.29) is 17.0 Å². The number of hydrogen-bond acceptors (Lipinski definition) is 3. The Morgan fingerprint density at radius 1 is 1.46 bits per heavy atom. The SMILES string of the molecule is C=C(S)C(=O)OC1CCCCC1C. The highest BCUT2D eigenvalue weighted by Crippen LogP contribution is 2.26. The van der Waals surface area contributed by atoms with E-state index in [9.17, 15) is 4.79 Å². The minimum absolute atomic E-state index is 0.0742. The van der Waals surface area contributed by atoms with Crippen LogP contribution in [0.5, 0.6) is 0 Å². The van der Waals surface area contributed by atoms with Crippen molar-refractivity contribution >= 4 is 18.6 Å². The summed E-state index contributed by atoms with van der Waals surface area (Å²) in [5.74, 6) is 0.104. The maximum atomic E-state index is 11.2. The zero-order valence-corrected chi connectivity index (χ0v) is 8.85. The molecule has 0 saturated heterocycles. The van der Waals surface area contributed by atoms with Crippen molar-refractivity contribution in [2.75, 3.05) is 0 Å². The topological polar surface area (TPSA) is 26.3 Å². The van der Waals surface area contributed by atoms with Gasteiger partial charge in [0, 0.05) is 0 Å². The monoisotopic (exact) mass is 200 g/mol. The predicted molar refractivity (Wildman–Crippen MR) is 55.6 cm³/mol. The number of thiol groups is 1. The number of rotatable bonds is 2. The van der Waals surface area contributed by atoms with Crippen LogP contribution in [0.4, 0.5) is 0 Å². The van der Waals surface area contributed by atoms with Crippen molar-refractivity contribution in [3.8, 4) is 0 Å². The molecule has 2 atom stereocenters. The number of carbonyl (C=O) groups is 1. The molecule has 74 valence electrons. The quantitative estimate of drug-likeness (QED) is 0.421. The third-order valence-electron chi connectivity index (χ3n) is 2.53. The Kier molecular flexibility index (Phi) is 3.85. The first-order chi connectivity index (χ1) is 6.11. The molecule has 1 aliphatic rings. The predicted octanol–water partition coefficient (Wildman–Crippen LogP) is 2.55. The molecule has 0 aromatic heterocycles. The lowest BCUT2D eigenvalue weighted by molar-refractivity contribution is -0.147. The molecule has 1 aliphatic carbocycles. The molecule has 0 N–H and O–H groups in total. The minimum Gasteiger partial charge on any atom is -0.458 e. The maximum Gasteiger partial charge on any atom is 0.344 e. The van der Waals surface area contributed by atoms with Crippen LogP contribution in [0.15, 0.2) is 11.5 Å². The fourth-order valence-corrected chi connectivity index (χ4v) is 1.72. The van der Waals surface area contributed by atoms with E-state index >= 15 is 0 Å². The van der Waals surface area contributed by atoms with Crippen LogP contribution >= 0.6 is 12.6 Å². The fraction of sp³-hybridized carbons (Fsp3) is 0.700. The molecular weight excluding hydrogens is 184 g/mol. The van der Waals surface area contributed by atoms with Crippen LogP contribution in [0, 0.1) is 5.92 Å². The first kappa shape index (κ1) is 10.6. The van der Waals surface area contributed by atoms with Gasteiger partial charge >= 0.3 is 5.97 Å². The molecule has 2 unspecified atom stereocenters. The van der Waals surface area contributed by atoms with E-state index in [0.29, 0.717) is 5.92 Å². The van der Waals surface area contributed by atoms with Gasteiger partial charge in [-0.3, -0.25) is 0 Å². The Bertz CT molecular complexity index is 213. The van der Waals surface area contributed by atoms with Gasteiger partial charge in [0.25, 0.3) is 0 Å². The normalized spacial score (nSPS) is 28.2. The van der Waals surface area contributed by atoms with Gasteiger partial charge in [0.1, 0.15) is 6.10 Å². The lowest BCUT2D eigenvalue weighted by Gasteiger charge is -2.28. The molecule has 0 heterocycles. The summed E-state index contributed by atoms with van der Waals surface area (Å²) in [6.07, 6.45) is 4.61. The molecule has 0 aliphatic heterocycles. The van der Waals surface area contributed by atoms with Crippen LogP contribution < -0.4 is 0 Å². The lowest BCUT2D eigenvalue weighted by atomic mass is 9.88. The second-order valence-corrected chi connectivity index (χ2v) is 4.19. The summed E-state index contributed by atoms with van der Waals surface area (Å²) < 4.78 is 5.25. The summed E-state index contributed by atoms with van der Waals surface area (Å²) in [5.41, 5.74) is 0. The Morgan fingerprint density at radius 2 is 2.08 bits per heavy atom. The lowest BCUT2D eigenvalue weighted by Crippen LogP contribution is -2.28. The highest BCUT2D eigenvalue weighted by molar-refractivity contribution is 7.85. The summed E-state index contributed by atoms with van der Waals surface area (Å²) in [6, 6.07) is 0. The van der Waals surface area contributed by atoms with Crippen LogP contribution in [0.25, 0.3) is 0 Å². The van der Waals surface area contributed by atoms with E-state index in [2.05, 4.69) is 26.1 Å². The average molecular weight is 200 g/mol. The van der Waals surface area contributed by atoms with Crippen molar-refractivity contribution in [3.63, 3.8) is 0 Å². The Morgan fingerprint density at radius 3 is 2.62 bits per heavy atom. The molecule has 1 fully saturated rings. The molecule has 0 spiro atoms. The van der Waals surface area contributed by atoms with Gasteiger partial charge in [-0.05, 0) is 25.2 Å². The second-order valence-electron chi connectivity index (χ2n) is 3.65. The third-order valence-corrected chi connectivity index (χ3v) is 2.71. The first-order valence-corrected chi connectivity index (χ1v) is 5.15. The minimum atomic E-state index is -0.373. The van der Waals surface area contributed by atoms with Crippen LogP contribution in [-0.4, -0.2) is 12.1 Å². The number of hydrogen-bond donors (Lipinski definition) is 1. The summed E-state index contributed by atoms with van der Waals surface area (Å²) in [7, 11) is 0. The molecule has 13 heavy (non-hydrogen) atoms. The van der Waals surface area contributed by atoms with Gasteiger partial charge in [0.2, 0.25) is 0 Å². The van der Waals surface area contributed by atoms with Crippen molar-refractivity contribution in [1.82, 2.24) is 0 Å². The molecule has 0 bridgehead atoms. The zero-order chi connectivity index (χ0) is 9.84. The maximum absolute atomic E-state index is 11.2. The number of esters is 1. The van der Waals surface area contributed by atoms with Crippen LogP contribution in [0.2, 0.25) is 0 Å². The molecule has 2 nitrogen and oxygen atoms in total. The van der Waals surface area contributed by atoms with E-state index in [4.69, 9.17) is 4.74 Å². The van der Waals surface area contributed by atoms with Gasteiger partial charge in [-0.15, -0.1) is 12.6 Å². The summed E-state index contributed by atoms with van der Waals surface area (Å²) >= 11 is 3.85. The number of ether oxygens (including phenoxy) is 1. The van der Waals surface area contributed by atoms with E-state index in [1.807, 2.05) is 0 Å².